The highest BCUT2D eigenvalue weighted by atomic mass is 19.1. The van der Waals surface area contributed by atoms with Gasteiger partial charge in [-0.05, 0) is 44.0 Å². The van der Waals surface area contributed by atoms with Crippen molar-refractivity contribution in [3.63, 3.8) is 0 Å². The molecule has 0 spiro atoms. The summed E-state index contributed by atoms with van der Waals surface area (Å²) in [5.74, 6) is 1.35. The van der Waals surface area contributed by atoms with Crippen LogP contribution < -0.4 is 5.32 Å². The molecule has 4 rings (SSSR count). The minimum atomic E-state index is -0.243. The maximum atomic E-state index is 13.5. The summed E-state index contributed by atoms with van der Waals surface area (Å²) in [5.41, 5.74) is 2.66. The van der Waals surface area contributed by atoms with E-state index in [0.29, 0.717) is 5.95 Å². The summed E-state index contributed by atoms with van der Waals surface area (Å²) in [6, 6.07) is 4.90. The van der Waals surface area contributed by atoms with Gasteiger partial charge in [0.1, 0.15) is 11.6 Å². The average Bonchev–Trinajstić information content (AvgIpc) is 3.11. The summed E-state index contributed by atoms with van der Waals surface area (Å²) in [5, 5.41) is 3.20. The number of hydrogen-bond donors (Lipinski definition) is 2. The molecule has 27 heavy (non-hydrogen) atoms. The molecule has 2 aromatic heterocycles. The number of likely N-dealkylation sites (tertiary alicyclic amines) is 1. The van der Waals surface area contributed by atoms with Crippen LogP contribution in [-0.2, 0) is 6.54 Å². The molecule has 0 radical (unpaired) electrons. The monoisotopic (exact) mass is 368 g/mol. The van der Waals surface area contributed by atoms with E-state index in [4.69, 9.17) is 4.98 Å². The smallest absolute Gasteiger partial charge is 0.222 e. The average molecular weight is 368 g/mol. The number of fused-ring (bicyclic) bond motifs is 1. The van der Waals surface area contributed by atoms with Gasteiger partial charge in [-0.15, -0.1) is 0 Å². The standard InChI is InChI=1S/C20H25FN6/c1-2-8-22-20-23-11-14(12-24-20)13-27-9-4-3-5-18(27)19-25-16-7-6-15(21)10-17(16)26-19/h6-7,10-12,18H,2-5,8-9,13H2,1H3,(H,25,26)(H,22,23,24). The molecule has 142 valence electrons. The molecule has 0 amide bonds. The molecule has 1 unspecified atom stereocenters. The fourth-order valence-electron chi connectivity index (χ4n) is 3.65. The van der Waals surface area contributed by atoms with Gasteiger partial charge in [0.15, 0.2) is 0 Å². The van der Waals surface area contributed by atoms with E-state index in [1.165, 1.54) is 25.0 Å². The number of nitrogens with one attached hydrogen (secondary N) is 2. The second kappa shape index (κ2) is 8.00. The Bertz CT molecular complexity index is 891. The first-order valence-corrected chi connectivity index (χ1v) is 9.67. The second-order valence-electron chi connectivity index (χ2n) is 7.11. The number of H-pyrrole nitrogens is 1. The third-order valence-electron chi connectivity index (χ3n) is 5.02. The molecule has 7 heteroatoms. The molecule has 6 nitrogen and oxygen atoms in total. The van der Waals surface area contributed by atoms with Crippen molar-refractivity contribution in [1.29, 1.82) is 0 Å². The number of hydrogen-bond acceptors (Lipinski definition) is 5. The van der Waals surface area contributed by atoms with Crippen molar-refractivity contribution in [2.75, 3.05) is 18.4 Å². The van der Waals surface area contributed by atoms with E-state index in [9.17, 15) is 4.39 Å². The molecule has 3 aromatic rings. The fraction of sp³-hybridized carbons (Fsp3) is 0.450. The number of piperidine rings is 1. The lowest BCUT2D eigenvalue weighted by molar-refractivity contribution is 0.134. The minimum Gasteiger partial charge on any atom is -0.354 e. The predicted molar refractivity (Wildman–Crippen MR) is 104 cm³/mol. The largest absolute Gasteiger partial charge is 0.354 e. The zero-order valence-corrected chi connectivity index (χ0v) is 15.6. The van der Waals surface area contributed by atoms with Crippen molar-refractivity contribution in [1.82, 2.24) is 24.8 Å². The molecule has 1 saturated heterocycles. The summed E-state index contributed by atoms with van der Waals surface area (Å²) in [4.78, 5) is 19.3. The van der Waals surface area contributed by atoms with E-state index in [2.05, 4.69) is 32.1 Å². The van der Waals surface area contributed by atoms with Crippen LogP contribution in [0.4, 0.5) is 10.3 Å². The number of nitrogens with zero attached hydrogens (tertiary/aromatic N) is 4. The Morgan fingerprint density at radius 3 is 2.93 bits per heavy atom. The van der Waals surface area contributed by atoms with E-state index < -0.39 is 0 Å². The van der Waals surface area contributed by atoms with Crippen molar-refractivity contribution in [3.05, 3.63) is 47.8 Å². The molecule has 1 atom stereocenters. The molecular formula is C20H25FN6. The zero-order valence-electron chi connectivity index (χ0n) is 15.6. The third kappa shape index (κ3) is 4.08. The van der Waals surface area contributed by atoms with Gasteiger partial charge in [0, 0.05) is 31.0 Å². The highest BCUT2D eigenvalue weighted by molar-refractivity contribution is 5.75. The summed E-state index contributed by atoms with van der Waals surface area (Å²) in [6.07, 6.45) is 8.21. The lowest BCUT2D eigenvalue weighted by Gasteiger charge is -2.34. The molecule has 0 saturated carbocycles. The Morgan fingerprint density at radius 2 is 2.11 bits per heavy atom. The number of anilines is 1. The van der Waals surface area contributed by atoms with Crippen LogP contribution in [0, 0.1) is 5.82 Å². The van der Waals surface area contributed by atoms with Crippen LogP contribution >= 0.6 is 0 Å². The van der Waals surface area contributed by atoms with Gasteiger partial charge in [0.2, 0.25) is 5.95 Å². The van der Waals surface area contributed by atoms with Gasteiger partial charge in [-0.1, -0.05) is 13.3 Å². The Kier molecular flexibility index (Phi) is 5.29. The number of halogens is 1. The predicted octanol–water partition coefficient (Wildman–Crippen LogP) is 4.04. The molecule has 0 bridgehead atoms. The van der Waals surface area contributed by atoms with Gasteiger partial charge in [0.05, 0.1) is 17.1 Å². The molecule has 1 aromatic carbocycles. The van der Waals surface area contributed by atoms with Crippen LogP contribution in [0.15, 0.2) is 30.6 Å². The molecule has 2 N–H and O–H groups in total. The molecule has 3 heterocycles. The highest BCUT2D eigenvalue weighted by Crippen LogP contribution is 2.31. The quantitative estimate of drug-likeness (QED) is 0.687. The summed E-state index contributed by atoms with van der Waals surface area (Å²) in [6.45, 7) is 4.78. The fourth-order valence-corrected chi connectivity index (χ4v) is 3.65. The lowest BCUT2D eigenvalue weighted by atomic mass is 10.0. The Balaban J connectivity index is 1.51. The van der Waals surface area contributed by atoms with Gasteiger partial charge < -0.3 is 10.3 Å². The highest BCUT2D eigenvalue weighted by Gasteiger charge is 2.26. The molecule has 1 fully saturated rings. The SMILES string of the molecule is CCCNc1ncc(CN2CCCCC2c2nc3ccc(F)cc3[nH]2)cn1. The van der Waals surface area contributed by atoms with Crippen LogP contribution in [0.1, 0.15) is 50.0 Å². The van der Waals surface area contributed by atoms with Crippen LogP contribution in [0.25, 0.3) is 11.0 Å². The van der Waals surface area contributed by atoms with Crippen molar-refractivity contribution >= 4 is 17.0 Å². The van der Waals surface area contributed by atoms with E-state index in [0.717, 1.165) is 54.9 Å². The maximum Gasteiger partial charge on any atom is 0.222 e. The molecule has 0 aliphatic carbocycles. The Labute approximate surface area is 158 Å². The first-order valence-electron chi connectivity index (χ1n) is 9.67. The number of aromatic nitrogens is 4. The topological polar surface area (TPSA) is 69.7 Å². The van der Waals surface area contributed by atoms with Crippen LogP contribution in [-0.4, -0.2) is 37.9 Å². The first kappa shape index (κ1) is 17.9. The van der Waals surface area contributed by atoms with Gasteiger partial charge in [-0.3, -0.25) is 4.90 Å². The van der Waals surface area contributed by atoms with Gasteiger partial charge >= 0.3 is 0 Å². The summed E-state index contributed by atoms with van der Waals surface area (Å²) >= 11 is 0. The van der Waals surface area contributed by atoms with E-state index in [1.807, 2.05) is 12.4 Å². The number of aromatic amines is 1. The number of imidazole rings is 1. The molecular weight excluding hydrogens is 343 g/mol. The number of benzene rings is 1. The van der Waals surface area contributed by atoms with E-state index in [1.54, 1.807) is 6.07 Å². The van der Waals surface area contributed by atoms with Gasteiger partial charge in [-0.2, -0.15) is 0 Å². The van der Waals surface area contributed by atoms with E-state index in [-0.39, 0.29) is 11.9 Å². The summed E-state index contributed by atoms with van der Waals surface area (Å²) < 4.78 is 13.5. The van der Waals surface area contributed by atoms with Crippen molar-refractivity contribution in [2.24, 2.45) is 0 Å². The Morgan fingerprint density at radius 1 is 1.26 bits per heavy atom. The molecule has 1 aliphatic heterocycles. The number of rotatable bonds is 6. The van der Waals surface area contributed by atoms with Gasteiger partial charge in [0.25, 0.3) is 0 Å². The summed E-state index contributed by atoms with van der Waals surface area (Å²) in [7, 11) is 0. The van der Waals surface area contributed by atoms with E-state index >= 15 is 0 Å². The Hall–Kier alpha value is -2.54. The molecule has 1 aliphatic rings. The van der Waals surface area contributed by atoms with Gasteiger partial charge in [-0.25, -0.2) is 19.3 Å². The van der Waals surface area contributed by atoms with Crippen molar-refractivity contribution in [2.45, 2.75) is 45.2 Å². The third-order valence-corrected chi connectivity index (χ3v) is 5.02. The normalized spacial score (nSPS) is 18.1. The minimum absolute atomic E-state index is 0.201. The maximum absolute atomic E-state index is 13.5. The van der Waals surface area contributed by atoms with Crippen LogP contribution in [0.2, 0.25) is 0 Å². The first-order chi connectivity index (χ1) is 13.2. The van der Waals surface area contributed by atoms with Crippen LogP contribution in [0.3, 0.4) is 0 Å². The van der Waals surface area contributed by atoms with Crippen LogP contribution in [0.5, 0.6) is 0 Å². The van der Waals surface area contributed by atoms with Crippen molar-refractivity contribution in [3.8, 4) is 0 Å². The zero-order chi connectivity index (χ0) is 18.6. The van der Waals surface area contributed by atoms with Crippen molar-refractivity contribution < 1.29 is 4.39 Å². The second-order valence-corrected chi connectivity index (χ2v) is 7.11. The lowest BCUT2D eigenvalue weighted by Crippen LogP contribution is -2.33.